The van der Waals surface area contributed by atoms with Gasteiger partial charge in [-0.1, -0.05) is 17.9 Å². The van der Waals surface area contributed by atoms with Crippen molar-refractivity contribution in [1.82, 2.24) is 0 Å². The fraction of sp³-hybridized carbons (Fsp3) is 0.182. The summed E-state index contributed by atoms with van der Waals surface area (Å²) in [5, 5.41) is 8.67. The summed E-state index contributed by atoms with van der Waals surface area (Å²) in [5.41, 5.74) is 5.67. The summed E-state index contributed by atoms with van der Waals surface area (Å²) in [6.07, 6.45) is 0.543. The monoisotopic (exact) mass is 188 g/mol. The highest BCUT2D eigenvalue weighted by molar-refractivity contribution is 5.48. The SMILES string of the molecule is N#Cc1c(F)cccc1C#CCCN. The van der Waals surface area contributed by atoms with E-state index >= 15 is 0 Å². The topological polar surface area (TPSA) is 49.8 Å². The number of nitrogens with two attached hydrogens (primary N) is 1. The molecule has 14 heavy (non-hydrogen) atoms. The summed E-state index contributed by atoms with van der Waals surface area (Å²) >= 11 is 0. The summed E-state index contributed by atoms with van der Waals surface area (Å²) in [6, 6.07) is 6.17. The second kappa shape index (κ2) is 5.01. The van der Waals surface area contributed by atoms with E-state index < -0.39 is 5.82 Å². The first-order chi connectivity index (χ1) is 6.79. The molecule has 1 aromatic rings. The fourth-order valence-corrected chi connectivity index (χ4v) is 0.972. The van der Waals surface area contributed by atoms with Gasteiger partial charge in [0.25, 0.3) is 0 Å². The summed E-state index contributed by atoms with van der Waals surface area (Å²) in [6.45, 7) is 0.463. The highest BCUT2D eigenvalue weighted by Crippen LogP contribution is 2.10. The highest BCUT2D eigenvalue weighted by Gasteiger charge is 2.04. The van der Waals surface area contributed by atoms with Crippen LogP contribution in [0.1, 0.15) is 17.5 Å². The first-order valence-corrected chi connectivity index (χ1v) is 4.17. The second-order valence-corrected chi connectivity index (χ2v) is 2.61. The van der Waals surface area contributed by atoms with Crippen LogP contribution in [0.15, 0.2) is 18.2 Å². The zero-order chi connectivity index (χ0) is 10.4. The lowest BCUT2D eigenvalue weighted by Gasteiger charge is -1.95. The van der Waals surface area contributed by atoms with Crippen molar-refractivity contribution in [2.45, 2.75) is 6.42 Å². The molecular formula is C11H9FN2. The molecule has 0 fully saturated rings. The number of halogens is 1. The minimum Gasteiger partial charge on any atom is -0.330 e. The molecule has 0 radical (unpaired) electrons. The van der Waals surface area contributed by atoms with Crippen LogP contribution in [-0.2, 0) is 0 Å². The Bertz CT molecular complexity index is 421. The first-order valence-electron chi connectivity index (χ1n) is 4.17. The fourth-order valence-electron chi connectivity index (χ4n) is 0.972. The standard InChI is InChI=1S/C11H9FN2/c12-11-6-3-5-9(10(11)8-14)4-1-2-7-13/h3,5-6H,2,7,13H2. The zero-order valence-electron chi connectivity index (χ0n) is 7.55. The van der Waals surface area contributed by atoms with E-state index in [0.29, 0.717) is 18.5 Å². The molecule has 0 atom stereocenters. The van der Waals surface area contributed by atoms with E-state index in [9.17, 15) is 4.39 Å². The minimum atomic E-state index is -0.535. The third-order valence-corrected chi connectivity index (χ3v) is 1.62. The van der Waals surface area contributed by atoms with Crippen molar-refractivity contribution in [3.8, 4) is 17.9 Å². The second-order valence-electron chi connectivity index (χ2n) is 2.61. The van der Waals surface area contributed by atoms with Crippen LogP contribution >= 0.6 is 0 Å². The van der Waals surface area contributed by atoms with Crippen LogP contribution in [0.3, 0.4) is 0 Å². The van der Waals surface area contributed by atoms with Crippen molar-refractivity contribution >= 4 is 0 Å². The van der Waals surface area contributed by atoms with Crippen LogP contribution in [-0.4, -0.2) is 6.54 Å². The Hall–Kier alpha value is -1.84. The predicted molar refractivity (Wildman–Crippen MR) is 51.7 cm³/mol. The van der Waals surface area contributed by atoms with Gasteiger partial charge in [-0.25, -0.2) is 4.39 Å². The van der Waals surface area contributed by atoms with Crippen LogP contribution < -0.4 is 5.73 Å². The third-order valence-electron chi connectivity index (χ3n) is 1.62. The largest absolute Gasteiger partial charge is 0.330 e. The summed E-state index contributed by atoms with van der Waals surface area (Å²) in [7, 11) is 0. The lowest BCUT2D eigenvalue weighted by Crippen LogP contribution is -1.95. The molecule has 2 N–H and O–H groups in total. The maximum atomic E-state index is 13.0. The van der Waals surface area contributed by atoms with Gasteiger partial charge >= 0.3 is 0 Å². The Kier molecular flexibility index (Phi) is 3.67. The molecular weight excluding hydrogens is 179 g/mol. The molecule has 1 aromatic carbocycles. The molecule has 0 heterocycles. The van der Waals surface area contributed by atoms with E-state index in [2.05, 4.69) is 11.8 Å². The van der Waals surface area contributed by atoms with Crippen molar-refractivity contribution in [2.75, 3.05) is 6.54 Å². The maximum Gasteiger partial charge on any atom is 0.142 e. The van der Waals surface area contributed by atoms with Crippen LogP contribution in [0.5, 0.6) is 0 Å². The Balaban J connectivity index is 3.06. The Morgan fingerprint density at radius 2 is 2.21 bits per heavy atom. The minimum absolute atomic E-state index is 0.00276. The average molecular weight is 188 g/mol. The maximum absolute atomic E-state index is 13.0. The predicted octanol–water partition coefficient (Wildman–Crippen LogP) is 1.40. The van der Waals surface area contributed by atoms with Gasteiger partial charge in [-0.3, -0.25) is 0 Å². The number of hydrogen-bond donors (Lipinski definition) is 1. The lowest BCUT2D eigenvalue weighted by molar-refractivity contribution is 0.623. The number of hydrogen-bond acceptors (Lipinski definition) is 2. The van der Waals surface area contributed by atoms with Gasteiger partial charge in [-0.15, -0.1) is 0 Å². The van der Waals surface area contributed by atoms with Gasteiger partial charge in [-0.05, 0) is 12.1 Å². The molecule has 0 saturated carbocycles. The van der Waals surface area contributed by atoms with E-state index in [1.807, 2.05) is 0 Å². The smallest absolute Gasteiger partial charge is 0.142 e. The van der Waals surface area contributed by atoms with Gasteiger partial charge in [0.2, 0.25) is 0 Å². The molecule has 0 amide bonds. The van der Waals surface area contributed by atoms with E-state index in [-0.39, 0.29) is 5.56 Å². The molecule has 0 spiro atoms. The van der Waals surface area contributed by atoms with E-state index in [1.165, 1.54) is 12.1 Å². The van der Waals surface area contributed by atoms with Gasteiger partial charge in [0.1, 0.15) is 17.4 Å². The normalized spacial score (nSPS) is 8.64. The third kappa shape index (κ3) is 2.32. The van der Waals surface area contributed by atoms with Crippen molar-refractivity contribution in [1.29, 1.82) is 5.26 Å². The van der Waals surface area contributed by atoms with Gasteiger partial charge in [-0.2, -0.15) is 5.26 Å². The van der Waals surface area contributed by atoms with Crippen molar-refractivity contribution in [2.24, 2.45) is 5.73 Å². The average Bonchev–Trinajstić information content (AvgIpc) is 2.18. The van der Waals surface area contributed by atoms with Crippen molar-refractivity contribution in [3.63, 3.8) is 0 Å². The number of nitriles is 1. The Labute approximate surface area is 82.2 Å². The van der Waals surface area contributed by atoms with Crippen LogP contribution in [0.2, 0.25) is 0 Å². The van der Waals surface area contributed by atoms with E-state index in [0.717, 1.165) is 0 Å². The molecule has 0 saturated heterocycles. The molecule has 70 valence electrons. The molecule has 1 rings (SSSR count). The lowest BCUT2D eigenvalue weighted by atomic mass is 10.1. The van der Waals surface area contributed by atoms with Crippen molar-refractivity contribution < 1.29 is 4.39 Å². The molecule has 0 aromatic heterocycles. The molecule has 0 bridgehead atoms. The zero-order valence-corrected chi connectivity index (χ0v) is 7.55. The van der Waals surface area contributed by atoms with Gasteiger partial charge < -0.3 is 5.73 Å². The molecule has 0 unspecified atom stereocenters. The van der Waals surface area contributed by atoms with E-state index in [4.69, 9.17) is 11.0 Å². The molecule has 2 nitrogen and oxygen atoms in total. The Morgan fingerprint density at radius 3 is 2.86 bits per heavy atom. The van der Waals surface area contributed by atoms with Crippen LogP contribution in [0.25, 0.3) is 0 Å². The quantitative estimate of drug-likeness (QED) is 0.677. The summed E-state index contributed by atoms with van der Waals surface area (Å²) < 4.78 is 13.0. The number of nitrogens with zero attached hydrogens (tertiary/aromatic N) is 1. The first kappa shape index (κ1) is 10.2. The summed E-state index contributed by atoms with van der Waals surface area (Å²) in [4.78, 5) is 0. The van der Waals surface area contributed by atoms with Crippen molar-refractivity contribution in [3.05, 3.63) is 35.1 Å². The van der Waals surface area contributed by atoms with Crippen LogP contribution in [0.4, 0.5) is 4.39 Å². The molecule has 0 aliphatic rings. The van der Waals surface area contributed by atoms with Gasteiger partial charge in [0, 0.05) is 18.5 Å². The van der Waals surface area contributed by atoms with E-state index in [1.54, 1.807) is 12.1 Å². The number of rotatable bonds is 1. The highest BCUT2D eigenvalue weighted by atomic mass is 19.1. The summed E-state index contributed by atoms with van der Waals surface area (Å²) in [5.74, 6) is 4.94. The Morgan fingerprint density at radius 1 is 1.43 bits per heavy atom. The van der Waals surface area contributed by atoms with Gasteiger partial charge in [0.05, 0.1) is 0 Å². The molecule has 0 aliphatic carbocycles. The van der Waals surface area contributed by atoms with Crippen LogP contribution in [0, 0.1) is 29.0 Å². The molecule has 0 aliphatic heterocycles. The van der Waals surface area contributed by atoms with Gasteiger partial charge in [0.15, 0.2) is 0 Å². The molecule has 3 heteroatoms. The number of benzene rings is 1.